The van der Waals surface area contributed by atoms with Gasteiger partial charge >= 0.3 is 0 Å². The molecule has 0 aromatic heterocycles. The fraction of sp³-hybridized carbons (Fsp3) is 1.00. The zero-order valence-electron chi connectivity index (χ0n) is 6.24. The smallest absolute Gasteiger partial charge is 0.128 e. The first kappa shape index (κ1) is 10.2. The molecule has 1 aliphatic rings. The lowest BCUT2D eigenvalue weighted by atomic mass is 10.0. The van der Waals surface area contributed by atoms with Gasteiger partial charge in [0.1, 0.15) is 17.6 Å². The van der Waals surface area contributed by atoms with E-state index in [2.05, 4.69) is 0 Å². The number of hydrogen-bond acceptors (Lipinski definition) is 6. The Kier molecular flexibility index (Phi) is 3.33. The molecule has 72 valence electrons. The largest absolute Gasteiger partial charge is 0.395 e. The minimum Gasteiger partial charge on any atom is -0.395 e. The van der Waals surface area contributed by atoms with E-state index in [0.717, 1.165) is 11.8 Å². The van der Waals surface area contributed by atoms with Crippen LogP contribution in [0.4, 0.5) is 0 Å². The summed E-state index contributed by atoms with van der Waals surface area (Å²) in [5.41, 5.74) is -1.15. The second kappa shape index (κ2) is 3.91. The summed E-state index contributed by atoms with van der Waals surface area (Å²) in [6.07, 6.45) is -3.94. The van der Waals surface area contributed by atoms with Crippen LogP contribution >= 0.6 is 11.8 Å². The van der Waals surface area contributed by atoms with Crippen molar-refractivity contribution in [3.63, 3.8) is 0 Å². The molecule has 5 nitrogen and oxygen atoms in total. The third-order valence-electron chi connectivity index (χ3n) is 1.87. The Hall–Kier alpha value is 0.150. The average molecular weight is 196 g/mol. The molecule has 1 heterocycles. The standard InChI is InChI=1S/C6H12O5S/c7-1-2-3(8)4(9)5(10)6(11)12-2/h2-11H,1H2/t2?,3-,4+,5?,6?/m1/s1. The van der Waals surface area contributed by atoms with Crippen LogP contribution in [0.1, 0.15) is 0 Å². The van der Waals surface area contributed by atoms with Crippen LogP contribution in [0.25, 0.3) is 0 Å². The highest BCUT2D eigenvalue weighted by molar-refractivity contribution is 8.00. The summed E-state index contributed by atoms with van der Waals surface area (Å²) in [5, 5.41) is 44.6. The van der Waals surface area contributed by atoms with Crippen molar-refractivity contribution in [1.29, 1.82) is 0 Å². The van der Waals surface area contributed by atoms with Gasteiger partial charge in [-0.15, -0.1) is 11.8 Å². The maximum atomic E-state index is 9.22. The fourth-order valence-corrected chi connectivity index (χ4v) is 2.17. The van der Waals surface area contributed by atoms with E-state index >= 15 is 0 Å². The lowest BCUT2D eigenvalue weighted by molar-refractivity contribution is -0.0953. The number of aliphatic hydroxyl groups is 5. The topological polar surface area (TPSA) is 101 Å². The van der Waals surface area contributed by atoms with Crippen molar-refractivity contribution in [3.05, 3.63) is 0 Å². The van der Waals surface area contributed by atoms with E-state index in [1.54, 1.807) is 0 Å². The van der Waals surface area contributed by atoms with E-state index in [-0.39, 0.29) is 6.61 Å². The van der Waals surface area contributed by atoms with E-state index in [1.165, 1.54) is 0 Å². The van der Waals surface area contributed by atoms with Crippen molar-refractivity contribution in [2.45, 2.75) is 29.0 Å². The van der Waals surface area contributed by atoms with E-state index in [0.29, 0.717) is 0 Å². The quantitative estimate of drug-likeness (QED) is 0.318. The predicted octanol–water partition coefficient (Wildman–Crippen LogP) is -2.50. The zero-order valence-corrected chi connectivity index (χ0v) is 7.05. The maximum Gasteiger partial charge on any atom is 0.128 e. The van der Waals surface area contributed by atoms with Gasteiger partial charge in [-0.05, 0) is 0 Å². The van der Waals surface area contributed by atoms with Gasteiger partial charge in [-0.3, -0.25) is 0 Å². The summed E-state index contributed by atoms with van der Waals surface area (Å²) >= 11 is 0.852. The lowest BCUT2D eigenvalue weighted by Crippen LogP contribution is -2.53. The van der Waals surface area contributed by atoms with Gasteiger partial charge in [0.25, 0.3) is 0 Å². The first-order valence-corrected chi connectivity index (χ1v) is 4.50. The molecule has 5 N–H and O–H groups in total. The molecule has 0 aliphatic carbocycles. The van der Waals surface area contributed by atoms with Gasteiger partial charge in [0.15, 0.2) is 0 Å². The first-order chi connectivity index (χ1) is 5.57. The monoisotopic (exact) mass is 196 g/mol. The summed E-state index contributed by atoms with van der Waals surface area (Å²) < 4.78 is 0. The van der Waals surface area contributed by atoms with Gasteiger partial charge in [-0.2, -0.15) is 0 Å². The summed E-state index contributed by atoms with van der Waals surface area (Å²) in [4.78, 5) is 0. The zero-order chi connectivity index (χ0) is 9.30. The molecule has 1 saturated heterocycles. The summed E-state index contributed by atoms with van der Waals surface area (Å²) in [6.45, 7) is -0.341. The second-order valence-corrected chi connectivity index (χ2v) is 4.08. The maximum absolute atomic E-state index is 9.22. The molecule has 0 amide bonds. The molecule has 6 heteroatoms. The number of rotatable bonds is 1. The summed E-state index contributed by atoms with van der Waals surface area (Å²) in [7, 11) is 0. The first-order valence-electron chi connectivity index (χ1n) is 3.56. The molecular weight excluding hydrogens is 184 g/mol. The third kappa shape index (κ3) is 1.73. The average Bonchev–Trinajstić information content (AvgIpc) is 2.08. The molecule has 0 aromatic carbocycles. The van der Waals surface area contributed by atoms with Crippen LogP contribution in [-0.4, -0.2) is 61.1 Å². The molecule has 0 aromatic rings. The molecule has 12 heavy (non-hydrogen) atoms. The lowest BCUT2D eigenvalue weighted by Gasteiger charge is -2.36. The number of aliphatic hydroxyl groups excluding tert-OH is 5. The Morgan fingerprint density at radius 3 is 2.00 bits per heavy atom. The van der Waals surface area contributed by atoms with Crippen LogP contribution in [0.3, 0.4) is 0 Å². The van der Waals surface area contributed by atoms with Crippen molar-refractivity contribution in [1.82, 2.24) is 0 Å². The molecule has 1 fully saturated rings. The van der Waals surface area contributed by atoms with Crippen LogP contribution < -0.4 is 0 Å². The molecule has 1 rings (SSSR count). The van der Waals surface area contributed by atoms with Crippen molar-refractivity contribution in [3.8, 4) is 0 Å². The van der Waals surface area contributed by atoms with E-state index in [9.17, 15) is 5.11 Å². The van der Waals surface area contributed by atoms with Crippen LogP contribution in [-0.2, 0) is 0 Å². The predicted molar refractivity (Wildman–Crippen MR) is 42.5 cm³/mol. The number of thioether (sulfide) groups is 1. The van der Waals surface area contributed by atoms with Crippen molar-refractivity contribution >= 4 is 11.8 Å². The minimum atomic E-state index is -1.39. The van der Waals surface area contributed by atoms with Gasteiger partial charge in [0, 0.05) is 0 Å². The highest BCUT2D eigenvalue weighted by Crippen LogP contribution is 2.30. The van der Waals surface area contributed by atoms with Gasteiger partial charge in [0.2, 0.25) is 0 Å². The van der Waals surface area contributed by atoms with Gasteiger partial charge in [0.05, 0.1) is 18.0 Å². The van der Waals surface area contributed by atoms with Crippen molar-refractivity contribution in [2.75, 3.05) is 6.61 Å². The molecule has 5 atom stereocenters. The fourth-order valence-electron chi connectivity index (χ4n) is 1.08. The van der Waals surface area contributed by atoms with Crippen molar-refractivity contribution in [2.24, 2.45) is 0 Å². The van der Waals surface area contributed by atoms with Crippen molar-refractivity contribution < 1.29 is 25.5 Å². The Labute approximate surface area is 73.7 Å². The Morgan fingerprint density at radius 2 is 1.50 bits per heavy atom. The van der Waals surface area contributed by atoms with Gasteiger partial charge < -0.3 is 25.5 Å². The molecule has 3 unspecified atom stereocenters. The van der Waals surface area contributed by atoms with Crippen LogP contribution in [0.2, 0.25) is 0 Å². The third-order valence-corrected chi connectivity index (χ3v) is 3.20. The minimum absolute atomic E-state index is 0.341. The Balaban J connectivity index is 2.63. The van der Waals surface area contributed by atoms with E-state index in [1.807, 2.05) is 0 Å². The molecule has 0 radical (unpaired) electrons. The summed E-state index contributed by atoms with van der Waals surface area (Å²) in [5.74, 6) is 0. The molecule has 0 saturated carbocycles. The second-order valence-electron chi connectivity index (χ2n) is 2.72. The summed E-state index contributed by atoms with van der Waals surface area (Å²) in [6, 6.07) is 0. The van der Waals surface area contributed by atoms with Crippen LogP contribution in [0, 0.1) is 0 Å². The van der Waals surface area contributed by atoms with Crippen LogP contribution in [0.15, 0.2) is 0 Å². The highest BCUT2D eigenvalue weighted by atomic mass is 32.2. The molecular formula is C6H12O5S. The van der Waals surface area contributed by atoms with E-state index in [4.69, 9.17) is 20.4 Å². The highest BCUT2D eigenvalue weighted by Gasteiger charge is 2.42. The van der Waals surface area contributed by atoms with Gasteiger partial charge in [-0.1, -0.05) is 0 Å². The Bertz CT molecular complexity index is 150. The molecule has 0 spiro atoms. The van der Waals surface area contributed by atoms with Crippen LogP contribution in [0.5, 0.6) is 0 Å². The number of hydrogen-bond donors (Lipinski definition) is 5. The normalized spacial score (nSPS) is 49.2. The SMILES string of the molecule is OCC1SC(O)C(O)[C@@H](O)[C@@H]1O. The molecule has 0 bridgehead atoms. The van der Waals surface area contributed by atoms with Gasteiger partial charge in [-0.25, -0.2) is 0 Å². The Morgan fingerprint density at radius 1 is 0.917 bits per heavy atom. The molecule has 1 aliphatic heterocycles. The van der Waals surface area contributed by atoms with E-state index < -0.39 is 29.0 Å².